The minimum absolute atomic E-state index is 0.170. The van der Waals surface area contributed by atoms with Crippen LogP contribution in [0.4, 0.5) is 5.69 Å². The average Bonchev–Trinajstić information content (AvgIpc) is 3.20. The van der Waals surface area contributed by atoms with Gasteiger partial charge < -0.3 is 5.73 Å². The minimum Gasteiger partial charge on any atom is -0.393 e. The Morgan fingerprint density at radius 1 is 1.37 bits per heavy atom. The number of nitrogens with zero attached hydrogens (tertiary/aromatic N) is 2. The molecular weight excluding hydrogens is 262 g/mol. The molecule has 0 unspecified atom stereocenters. The molecule has 0 saturated heterocycles. The van der Waals surface area contributed by atoms with Crippen molar-refractivity contribution < 1.29 is 0 Å². The number of nitrogen functional groups attached to an aromatic ring is 1. The summed E-state index contributed by atoms with van der Waals surface area (Å²) in [5, 5.41) is 0.555. The normalized spacial score (nSPS) is 14.8. The average molecular weight is 278 g/mol. The Labute approximate surface area is 116 Å². The zero-order valence-corrected chi connectivity index (χ0v) is 11.5. The lowest BCUT2D eigenvalue weighted by molar-refractivity contribution is 0.549. The molecule has 0 amide bonds. The minimum atomic E-state index is -0.170. The number of benzene rings is 1. The molecule has 3 rings (SSSR count). The van der Waals surface area contributed by atoms with Crippen LogP contribution in [0.2, 0.25) is 5.02 Å². The summed E-state index contributed by atoms with van der Waals surface area (Å²) in [5.41, 5.74) is 7.86. The fourth-order valence-electron chi connectivity index (χ4n) is 2.54. The summed E-state index contributed by atoms with van der Waals surface area (Å²) in [7, 11) is 0. The zero-order valence-electron chi connectivity index (χ0n) is 10.8. The molecule has 2 aromatic rings. The lowest BCUT2D eigenvalue weighted by Gasteiger charge is -2.13. The molecule has 0 aliphatic heterocycles. The largest absolute Gasteiger partial charge is 0.393 e. The van der Waals surface area contributed by atoms with Crippen molar-refractivity contribution in [1.29, 1.82) is 0 Å². The van der Waals surface area contributed by atoms with Gasteiger partial charge in [0.25, 0.3) is 5.56 Å². The number of anilines is 1. The Bertz CT molecular complexity index is 682. The molecule has 5 heteroatoms. The standard InChI is InChI=1S/C14H16ClN3O/c1-2-17-13(9-7-8-9)12(16)14(19)18(17)11-6-4-3-5-10(11)15/h3-6,9H,2,7-8,16H2,1H3. The smallest absolute Gasteiger partial charge is 0.294 e. The van der Waals surface area contributed by atoms with E-state index >= 15 is 0 Å². The van der Waals surface area contributed by atoms with Crippen molar-refractivity contribution in [3.63, 3.8) is 0 Å². The van der Waals surface area contributed by atoms with E-state index in [1.807, 2.05) is 29.8 Å². The van der Waals surface area contributed by atoms with Crippen LogP contribution >= 0.6 is 11.6 Å². The van der Waals surface area contributed by atoms with Crippen LogP contribution in [0.25, 0.3) is 5.69 Å². The quantitative estimate of drug-likeness (QED) is 0.938. The number of para-hydroxylation sites is 1. The summed E-state index contributed by atoms with van der Waals surface area (Å²) < 4.78 is 3.56. The predicted molar refractivity (Wildman–Crippen MR) is 77.1 cm³/mol. The lowest BCUT2D eigenvalue weighted by atomic mass is 10.2. The fourth-order valence-corrected chi connectivity index (χ4v) is 2.76. The van der Waals surface area contributed by atoms with Crippen LogP contribution < -0.4 is 11.3 Å². The van der Waals surface area contributed by atoms with E-state index in [1.54, 1.807) is 10.7 Å². The number of hydrogen-bond acceptors (Lipinski definition) is 2. The maximum atomic E-state index is 12.4. The summed E-state index contributed by atoms with van der Waals surface area (Å²) >= 11 is 6.20. The highest BCUT2D eigenvalue weighted by Gasteiger charge is 2.32. The first-order valence-corrected chi connectivity index (χ1v) is 6.89. The zero-order chi connectivity index (χ0) is 13.6. The summed E-state index contributed by atoms with van der Waals surface area (Å²) in [6, 6.07) is 7.34. The molecule has 0 bridgehead atoms. The SMILES string of the molecule is CCn1c(C2CC2)c(N)c(=O)n1-c1ccccc1Cl. The van der Waals surface area contributed by atoms with Crippen LogP contribution in [0.3, 0.4) is 0 Å². The molecule has 1 fully saturated rings. The molecule has 100 valence electrons. The molecule has 19 heavy (non-hydrogen) atoms. The van der Waals surface area contributed by atoms with Gasteiger partial charge in [0.05, 0.1) is 16.4 Å². The summed E-state index contributed by atoms with van der Waals surface area (Å²) in [6.45, 7) is 2.71. The van der Waals surface area contributed by atoms with Crippen molar-refractivity contribution in [2.75, 3.05) is 5.73 Å². The van der Waals surface area contributed by atoms with Crippen LogP contribution in [0, 0.1) is 0 Å². The summed E-state index contributed by atoms with van der Waals surface area (Å²) in [5.74, 6) is 0.427. The molecule has 1 saturated carbocycles. The second kappa shape index (κ2) is 4.46. The van der Waals surface area contributed by atoms with Gasteiger partial charge >= 0.3 is 0 Å². The first-order valence-electron chi connectivity index (χ1n) is 6.51. The van der Waals surface area contributed by atoms with Crippen LogP contribution in [-0.4, -0.2) is 9.36 Å². The molecule has 1 aromatic carbocycles. The van der Waals surface area contributed by atoms with Crippen LogP contribution in [0.5, 0.6) is 0 Å². The highest BCUT2D eigenvalue weighted by atomic mass is 35.5. The van der Waals surface area contributed by atoms with E-state index in [1.165, 1.54) is 0 Å². The van der Waals surface area contributed by atoms with Gasteiger partial charge in [-0.3, -0.25) is 9.48 Å². The van der Waals surface area contributed by atoms with E-state index in [2.05, 4.69) is 0 Å². The third-order valence-corrected chi connectivity index (χ3v) is 3.88. The molecule has 0 atom stereocenters. The van der Waals surface area contributed by atoms with Gasteiger partial charge in [-0.2, -0.15) is 0 Å². The second-order valence-corrected chi connectivity index (χ2v) is 5.26. The second-order valence-electron chi connectivity index (χ2n) is 4.86. The van der Waals surface area contributed by atoms with Crippen molar-refractivity contribution in [2.24, 2.45) is 0 Å². The van der Waals surface area contributed by atoms with E-state index in [0.717, 1.165) is 18.5 Å². The monoisotopic (exact) mass is 277 g/mol. The number of halogens is 1. The molecule has 0 spiro atoms. The van der Waals surface area contributed by atoms with Crippen molar-refractivity contribution in [3.8, 4) is 5.69 Å². The van der Waals surface area contributed by atoms with Crippen LogP contribution in [0.1, 0.15) is 31.4 Å². The van der Waals surface area contributed by atoms with E-state index in [4.69, 9.17) is 17.3 Å². The maximum absolute atomic E-state index is 12.4. The first kappa shape index (κ1) is 12.4. The van der Waals surface area contributed by atoms with Gasteiger partial charge in [0, 0.05) is 12.5 Å². The first-order chi connectivity index (χ1) is 9.15. The van der Waals surface area contributed by atoms with E-state index in [9.17, 15) is 4.79 Å². The van der Waals surface area contributed by atoms with E-state index in [0.29, 0.717) is 28.9 Å². The topological polar surface area (TPSA) is 52.9 Å². The van der Waals surface area contributed by atoms with Gasteiger partial charge in [0.15, 0.2) is 0 Å². The van der Waals surface area contributed by atoms with Gasteiger partial charge in [-0.25, -0.2) is 4.68 Å². The maximum Gasteiger partial charge on any atom is 0.294 e. The number of aromatic nitrogens is 2. The van der Waals surface area contributed by atoms with Crippen LogP contribution in [0.15, 0.2) is 29.1 Å². The molecule has 1 heterocycles. The van der Waals surface area contributed by atoms with Gasteiger partial charge in [0.1, 0.15) is 5.69 Å². The molecule has 1 aliphatic rings. The third kappa shape index (κ3) is 1.87. The highest BCUT2D eigenvalue weighted by Crippen LogP contribution is 2.42. The fraction of sp³-hybridized carbons (Fsp3) is 0.357. The van der Waals surface area contributed by atoms with Gasteiger partial charge in [-0.15, -0.1) is 0 Å². The molecule has 2 N–H and O–H groups in total. The summed E-state index contributed by atoms with van der Waals surface area (Å²) in [6.07, 6.45) is 2.21. The number of nitrogens with two attached hydrogens (primary N) is 1. The van der Waals surface area contributed by atoms with Crippen molar-refractivity contribution >= 4 is 17.3 Å². The lowest BCUT2D eigenvalue weighted by Crippen LogP contribution is -2.22. The molecule has 1 aromatic heterocycles. The Kier molecular flexibility index (Phi) is 2.90. The van der Waals surface area contributed by atoms with Crippen molar-refractivity contribution in [1.82, 2.24) is 9.36 Å². The van der Waals surface area contributed by atoms with E-state index < -0.39 is 0 Å². The van der Waals surface area contributed by atoms with Crippen LogP contribution in [-0.2, 0) is 6.54 Å². The third-order valence-electron chi connectivity index (χ3n) is 3.56. The van der Waals surface area contributed by atoms with Crippen molar-refractivity contribution in [2.45, 2.75) is 32.2 Å². The molecule has 0 radical (unpaired) electrons. The highest BCUT2D eigenvalue weighted by molar-refractivity contribution is 6.32. The number of hydrogen-bond donors (Lipinski definition) is 1. The van der Waals surface area contributed by atoms with Gasteiger partial charge in [-0.05, 0) is 31.9 Å². The predicted octanol–water partition coefficient (Wildman–Crippen LogP) is 2.77. The Morgan fingerprint density at radius 2 is 2.05 bits per heavy atom. The van der Waals surface area contributed by atoms with Gasteiger partial charge in [-0.1, -0.05) is 23.7 Å². The summed E-state index contributed by atoms with van der Waals surface area (Å²) in [4.78, 5) is 12.4. The van der Waals surface area contributed by atoms with Gasteiger partial charge in [0.2, 0.25) is 0 Å². The molecular formula is C14H16ClN3O. The van der Waals surface area contributed by atoms with Crippen molar-refractivity contribution in [3.05, 3.63) is 45.3 Å². The molecule has 1 aliphatic carbocycles. The van der Waals surface area contributed by atoms with E-state index in [-0.39, 0.29) is 5.56 Å². The Hall–Kier alpha value is -1.68. The Balaban J connectivity index is 2.30. The molecule has 4 nitrogen and oxygen atoms in total. The number of rotatable bonds is 3. The Morgan fingerprint density at radius 3 is 2.63 bits per heavy atom.